The molecule has 19 heavy (non-hydrogen) atoms. The number of benzene rings is 2. The Morgan fingerprint density at radius 3 is 2.00 bits per heavy atom. The Hall–Kier alpha value is -2.44. The van der Waals surface area contributed by atoms with Crippen molar-refractivity contribution >= 4 is 24.2 Å². The maximum Gasteiger partial charge on any atom is 0.151 e. The van der Waals surface area contributed by atoms with E-state index in [1.54, 1.807) is 48.5 Å². The second kappa shape index (κ2) is 7.80. The molecule has 0 N–H and O–H groups in total. The molecule has 0 fully saturated rings. The Balaban J connectivity index is 0.000000191. The van der Waals surface area contributed by atoms with E-state index in [1.807, 2.05) is 6.07 Å². The molecule has 0 aliphatic rings. The number of carbonyl (C=O) groups is 2. The lowest BCUT2D eigenvalue weighted by molar-refractivity contribution is 0.111. The molecule has 3 nitrogen and oxygen atoms in total. The van der Waals surface area contributed by atoms with E-state index in [0.717, 1.165) is 12.6 Å². The van der Waals surface area contributed by atoms with E-state index in [9.17, 15) is 9.59 Å². The molecule has 0 amide bonds. The van der Waals surface area contributed by atoms with E-state index in [0.29, 0.717) is 21.7 Å². The minimum absolute atomic E-state index is 0.507. The number of carbonyl (C=O) groups excluding carboxylic acids is 2. The minimum atomic E-state index is 0.507. The predicted octanol–water partition coefficient (Wildman–Crippen LogP) is 3.52. The maximum absolute atomic E-state index is 10.1. The molecule has 0 aliphatic heterocycles. The SMILES string of the molecule is N#Cc1ccc(C=O)cc1.O=Cc1ccccc1Cl. The first kappa shape index (κ1) is 14.6. The van der Waals surface area contributed by atoms with Gasteiger partial charge < -0.3 is 0 Å². The van der Waals surface area contributed by atoms with Crippen LogP contribution < -0.4 is 0 Å². The van der Waals surface area contributed by atoms with Crippen LogP contribution in [0.4, 0.5) is 0 Å². The average molecular weight is 272 g/mol. The van der Waals surface area contributed by atoms with Gasteiger partial charge in [0.15, 0.2) is 6.29 Å². The van der Waals surface area contributed by atoms with Gasteiger partial charge in [0.25, 0.3) is 0 Å². The molecule has 0 heterocycles. The van der Waals surface area contributed by atoms with Gasteiger partial charge in [-0.05, 0) is 18.2 Å². The van der Waals surface area contributed by atoms with Gasteiger partial charge in [0.1, 0.15) is 6.29 Å². The Kier molecular flexibility index (Phi) is 6.00. The van der Waals surface area contributed by atoms with E-state index in [1.165, 1.54) is 0 Å². The van der Waals surface area contributed by atoms with Crippen LogP contribution in [0.15, 0.2) is 48.5 Å². The van der Waals surface area contributed by atoms with Crippen LogP contribution in [-0.4, -0.2) is 12.6 Å². The lowest BCUT2D eigenvalue weighted by Crippen LogP contribution is -1.78. The number of nitriles is 1. The van der Waals surface area contributed by atoms with Crippen LogP contribution in [0.25, 0.3) is 0 Å². The van der Waals surface area contributed by atoms with Gasteiger partial charge >= 0.3 is 0 Å². The summed E-state index contributed by atoms with van der Waals surface area (Å²) in [6.07, 6.45) is 1.49. The topological polar surface area (TPSA) is 57.9 Å². The molecule has 0 radical (unpaired) electrons. The summed E-state index contributed by atoms with van der Waals surface area (Å²) in [6.45, 7) is 0. The van der Waals surface area contributed by atoms with Crippen molar-refractivity contribution in [2.24, 2.45) is 0 Å². The number of aldehydes is 2. The first-order valence-corrected chi connectivity index (χ1v) is 5.74. The summed E-state index contributed by atoms with van der Waals surface area (Å²) in [5.41, 5.74) is 1.71. The van der Waals surface area contributed by atoms with Gasteiger partial charge in [-0.3, -0.25) is 9.59 Å². The molecule has 0 saturated carbocycles. The summed E-state index contributed by atoms with van der Waals surface area (Å²) >= 11 is 5.59. The van der Waals surface area contributed by atoms with Gasteiger partial charge in [0.05, 0.1) is 16.7 Å². The third kappa shape index (κ3) is 4.74. The lowest BCUT2D eigenvalue weighted by Gasteiger charge is -1.90. The summed E-state index contributed by atoms with van der Waals surface area (Å²) in [6, 6.07) is 15.3. The number of rotatable bonds is 2. The normalized spacial score (nSPS) is 8.63. The van der Waals surface area contributed by atoms with Gasteiger partial charge in [-0.25, -0.2) is 0 Å². The summed E-state index contributed by atoms with van der Waals surface area (Å²) in [7, 11) is 0. The molecule has 0 aliphatic carbocycles. The molecule has 2 rings (SSSR count). The number of hydrogen-bond donors (Lipinski definition) is 0. The molecule has 94 valence electrons. The smallest absolute Gasteiger partial charge is 0.151 e. The highest BCUT2D eigenvalue weighted by atomic mass is 35.5. The van der Waals surface area contributed by atoms with Crippen LogP contribution in [0, 0.1) is 11.3 Å². The van der Waals surface area contributed by atoms with Gasteiger partial charge in [-0.2, -0.15) is 5.26 Å². The predicted molar refractivity (Wildman–Crippen MR) is 73.4 cm³/mol. The second-order valence-electron chi connectivity index (χ2n) is 3.49. The maximum atomic E-state index is 10.1. The standard InChI is InChI=1S/C8H5NO.C7H5ClO/c9-5-7-1-3-8(6-10)4-2-7;8-7-4-2-1-3-6(7)5-9/h1-4,6H;1-5H. The fourth-order valence-corrected chi connectivity index (χ4v) is 1.39. The highest BCUT2D eigenvalue weighted by Gasteiger charge is 1.92. The molecule has 0 saturated heterocycles. The Morgan fingerprint density at radius 1 is 0.947 bits per heavy atom. The minimum Gasteiger partial charge on any atom is -0.298 e. The third-order valence-electron chi connectivity index (χ3n) is 2.21. The molecule has 0 spiro atoms. The monoisotopic (exact) mass is 271 g/mol. The zero-order valence-electron chi connectivity index (χ0n) is 9.92. The van der Waals surface area contributed by atoms with E-state index in [2.05, 4.69) is 0 Å². The van der Waals surface area contributed by atoms with Gasteiger partial charge in [0, 0.05) is 11.1 Å². The fourth-order valence-electron chi connectivity index (χ4n) is 1.21. The van der Waals surface area contributed by atoms with Crippen molar-refractivity contribution in [3.05, 3.63) is 70.2 Å². The van der Waals surface area contributed by atoms with Crippen LogP contribution in [0.2, 0.25) is 5.02 Å². The quantitative estimate of drug-likeness (QED) is 0.785. The highest BCUT2D eigenvalue weighted by Crippen LogP contribution is 2.11. The lowest BCUT2D eigenvalue weighted by atomic mass is 10.2. The van der Waals surface area contributed by atoms with Crippen molar-refractivity contribution < 1.29 is 9.59 Å². The zero-order chi connectivity index (χ0) is 14.1. The van der Waals surface area contributed by atoms with Crippen molar-refractivity contribution in [3.63, 3.8) is 0 Å². The second-order valence-corrected chi connectivity index (χ2v) is 3.90. The third-order valence-corrected chi connectivity index (χ3v) is 2.55. The van der Waals surface area contributed by atoms with Crippen LogP contribution in [0.5, 0.6) is 0 Å². The summed E-state index contributed by atoms with van der Waals surface area (Å²) in [4.78, 5) is 20.3. The van der Waals surface area contributed by atoms with Crippen molar-refractivity contribution in [3.8, 4) is 6.07 Å². The van der Waals surface area contributed by atoms with Crippen LogP contribution >= 0.6 is 11.6 Å². The summed E-state index contributed by atoms with van der Waals surface area (Å²) < 4.78 is 0. The first-order chi connectivity index (χ1) is 9.21. The molecule has 2 aromatic carbocycles. The molecule has 4 heteroatoms. The molecule has 0 aromatic heterocycles. The van der Waals surface area contributed by atoms with Crippen molar-refractivity contribution in [2.45, 2.75) is 0 Å². The Bertz CT molecular complexity index is 600. The van der Waals surface area contributed by atoms with E-state index < -0.39 is 0 Å². The zero-order valence-corrected chi connectivity index (χ0v) is 10.7. The molecular weight excluding hydrogens is 262 g/mol. The first-order valence-electron chi connectivity index (χ1n) is 5.36. The summed E-state index contributed by atoms with van der Waals surface area (Å²) in [5.74, 6) is 0. The summed E-state index contributed by atoms with van der Waals surface area (Å²) in [5, 5.41) is 8.87. The number of halogens is 1. The largest absolute Gasteiger partial charge is 0.298 e. The van der Waals surface area contributed by atoms with E-state index in [4.69, 9.17) is 16.9 Å². The average Bonchev–Trinajstić information content (AvgIpc) is 2.48. The van der Waals surface area contributed by atoms with E-state index >= 15 is 0 Å². The Labute approximate surface area is 116 Å². The fraction of sp³-hybridized carbons (Fsp3) is 0. The van der Waals surface area contributed by atoms with Crippen molar-refractivity contribution in [1.29, 1.82) is 5.26 Å². The van der Waals surface area contributed by atoms with Crippen molar-refractivity contribution in [2.75, 3.05) is 0 Å². The highest BCUT2D eigenvalue weighted by molar-refractivity contribution is 6.32. The van der Waals surface area contributed by atoms with Crippen LogP contribution in [-0.2, 0) is 0 Å². The van der Waals surface area contributed by atoms with E-state index in [-0.39, 0.29) is 0 Å². The molecule has 0 atom stereocenters. The number of nitrogens with zero attached hydrogens (tertiary/aromatic N) is 1. The number of hydrogen-bond acceptors (Lipinski definition) is 3. The van der Waals surface area contributed by atoms with Crippen LogP contribution in [0.3, 0.4) is 0 Å². The van der Waals surface area contributed by atoms with Gasteiger partial charge in [-0.1, -0.05) is 41.9 Å². The molecule has 0 unspecified atom stereocenters. The van der Waals surface area contributed by atoms with Crippen LogP contribution in [0.1, 0.15) is 26.3 Å². The van der Waals surface area contributed by atoms with Gasteiger partial charge in [0.2, 0.25) is 0 Å². The Morgan fingerprint density at radius 2 is 1.58 bits per heavy atom. The molecule has 0 bridgehead atoms. The molecule has 2 aromatic rings. The van der Waals surface area contributed by atoms with Crippen molar-refractivity contribution in [1.82, 2.24) is 0 Å². The van der Waals surface area contributed by atoms with Gasteiger partial charge in [-0.15, -0.1) is 0 Å². The molecular formula is C15H10ClNO2.